The van der Waals surface area contributed by atoms with E-state index >= 15 is 0 Å². The van der Waals surface area contributed by atoms with E-state index in [1.54, 1.807) is 0 Å². The van der Waals surface area contributed by atoms with Gasteiger partial charge in [0.1, 0.15) is 0 Å². The van der Waals surface area contributed by atoms with Crippen molar-refractivity contribution >= 4 is 33.5 Å². The number of amides is 1. The summed E-state index contributed by atoms with van der Waals surface area (Å²) in [5.74, 6) is -1.18. The van der Waals surface area contributed by atoms with Crippen LogP contribution < -0.4 is 4.90 Å². The minimum atomic E-state index is -0.773. The molecule has 4 nitrogen and oxygen atoms in total. The molecule has 1 heterocycles. The first kappa shape index (κ1) is 13.6. The monoisotopic (exact) mass is 337 g/mol. The zero-order valence-electron chi connectivity index (χ0n) is 11.0. The molecule has 1 aliphatic heterocycles. The summed E-state index contributed by atoms with van der Waals surface area (Å²) in [5, 5.41) is 9.04. The molecule has 0 aromatic heterocycles. The predicted molar refractivity (Wildman–Crippen MR) is 78.7 cm³/mol. The Morgan fingerprint density at radius 3 is 2.70 bits per heavy atom. The third-order valence-electron chi connectivity index (χ3n) is 4.34. The van der Waals surface area contributed by atoms with Gasteiger partial charge >= 0.3 is 5.97 Å². The van der Waals surface area contributed by atoms with Gasteiger partial charge in [-0.1, -0.05) is 22.0 Å². The fourth-order valence-corrected chi connectivity index (χ4v) is 3.58. The summed E-state index contributed by atoms with van der Waals surface area (Å²) in [5.41, 5.74) is 2.16. The Balaban J connectivity index is 1.77. The van der Waals surface area contributed by atoms with E-state index in [-0.39, 0.29) is 17.7 Å². The van der Waals surface area contributed by atoms with E-state index in [9.17, 15) is 9.59 Å². The van der Waals surface area contributed by atoms with E-state index in [4.69, 9.17) is 5.11 Å². The van der Waals surface area contributed by atoms with Crippen molar-refractivity contribution in [1.29, 1.82) is 0 Å². The molecule has 5 heteroatoms. The second-order valence-electron chi connectivity index (χ2n) is 5.56. The van der Waals surface area contributed by atoms with Crippen LogP contribution in [0.25, 0.3) is 0 Å². The van der Waals surface area contributed by atoms with Crippen molar-refractivity contribution in [3.63, 3.8) is 0 Å². The van der Waals surface area contributed by atoms with Crippen LogP contribution in [0, 0.1) is 11.8 Å². The van der Waals surface area contributed by atoms with Crippen molar-refractivity contribution in [3.8, 4) is 0 Å². The molecule has 2 atom stereocenters. The number of carbonyl (C=O) groups is 2. The number of rotatable bonds is 2. The minimum absolute atomic E-state index is 0.0885. The van der Waals surface area contributed by atoms with E-state index in [1.807, 2.05) is 23.1 Å². The molecular formula is C15H16BrNO3. The molecule has 2 aliphatic rings. The highest BCUT2D eigenvalue weighted by molar-refractivity contribution is 9.10. The third-order valence-corrected chi connectivity index (χ3v) is 4.83. The van der Waals surface area contributed by atoms with Crippen LogP contribution in [0.2, 0.25) is 0 Å². The maximum Gasteiger partial charge on any atom is 0.306 e. The lowest BCUT2D eigenvalue weighted by molar-refractivity contribution is -0.141. The van der Waals surface area contributed by atoms with Gasteiger partial charge in [0, 0.05) is 22.6 Å². The standard InChI is InChI=1S/C15H16BrNO3/c16-12-4-3-9-5-6-17(13(9)8-12)14(18)10-1-2-11(7-10)15(19)20/h3-4,8,10-11H,1-2,5-7H2,(H,19,20)/t10-,11+/m0/s1. The summed E-state index contributed by atoms with van der Waals surface area (Å²) >= 11 is 3.44. The number of nitrogens with zero attached hydrogens (tertiary/aromatic N) is 1. The highest BCUT2D eigenvalue weighted by atomic mass is 79.9. The van der Waals surface area contributed by atoms with Crippen LogP contribution in [0.1, 0.15) is 24.8 Å². The van der Waals surface area contributed by atoms with Gasteiger partial charge in [-0.05, 0) is 43.4 Å². The molecule has 0 radical (unpaired) electrons. The van der Waals surface area contributed by atoms with Crippen molar-refractivity contribution in [3.05, 3.63) is 28.2 Å². The number of aliphatic carboxylic acids is 1. The highest BCUT2D eigenvalue weighted by Crippen LogP contribution is 2.37. The maximum absolute atomic E-state index is 12.6. The molecule has 1 N–H and O–H groups in total. The number of hydrogen-bond acceptors (Lipinski definition) is 2. The summed E-state index contributed by atoms with van der Waals surface area (Å²) in [6.45, 7) is 0.707. The Hall–Kier alpha value is -1.36. The lowest BCUT2D eigenvalue weighted by atomic mass is 10.0. The molecule has 0 unspecified atom stereocenters. The van der Waals surface area contributed by atoms with Gasteiger partial charge in [0.2, 0.25) is 5.91 Å². The maximum atomic E-state index is 12.6. The van der Waals surface area contributed by atoms with Crippen LogP contribution in [0.3, 0.4) is 0 Å². The third kappa shape index (κ3) is 2.35. The largest absolute Gasteiger partial charge is 0.481 e. The van der Waals surface area contributed by atoms with Gasteiger partial charge in [-0.25, -0.2) is 0 Å². The smallest absolute Gasteiger partial charge is 0.306 e. The minimum Gasteiger partial charge on any atom is -0.481 e. The molecule has 0 bridgehead atoms. The Bertz CT molecular complexity index is 572. The van der Waals surface area contributed by atoms with Gasteiger partial charge < -0.3 is 10.0 Å². The molecule has 3 rings (SSSR count). The number of carboxylic acid groups (broad SMARTS) is 1. The second kappa shape index (κ2) is 5.20. The van der Waals surface area contributed by atoms with Crippen molar-refractivity contribution in [2.75, 3.05) is 11.4 Å². The predicted octanol–water partition coefficient (Wildman–Crippen LogP) is 2.84. The zero-order valence-corrected chi connectivity index (χ0v) is 12.6. The quantitative estimate of drug-likeness (QED) is 0.902. The molecule has 1 aliphatic carbocycles. The molecular weight excluding hydrogens is 322 g/mol. The number of carboxylic acids is 1. The first-order valence-electron chi connectivity index (χ1n) is 6.89. The Kier molecular flexibility index (Phi) is 3.54. The number of fused-ring (bicyclic) bond motifs is 1. The number of hydrogen-bond donors (Lipinski definition) is 1. The molecule has 106 valence electrons. The molecule has 1 fully saturated rings. The fraction of sp³-hybridized carbons (Fsp3) is 0.467. The topological polar surface area (TPSA) is 57.6 Å². The molecule has 0 saturated heterocycles. The van der Waals surface area contributed by atoms with Crippen LogP contribution in [0.4, 0.5) is 5.69 Å². The van der Waals surface area contributed by atoms with Crippen molar-refractivity contribution < 1.29 is 14.7 Å². The van der Waals surface area contributed by atoms with Crippen molar-refractivity contribution in [2.45, 2.75) is 25.7 Å². The van der Waals surface area contributed by atoms with Gasteiger partial charge in [-0.3, -0.25) is 9.59 Å². The van der Waals surface area contributed by atoms with Crippen LogP contribution in [0.5, 0.6) is 0 Å². The van der Waals surface area contributed by atoms with Crippen LogP contribution in [0.15, 0.2) is 22.7 Å². The zero-order chi connectivity index (χ0) is 14.3. The van der Waals surface area contributed by atoms with E-state index in [2.05, 4.69) is 15.9 Å². The average Bonchev–Trinajstić information content (AvgIpc) is 3.04. The van der Waals surface area contributed by atoms with Gasteiger partial charge in [-0.2, -0.15) is 0 Å². The highest BCUT2D eigenvalue weighted by Gasteiger charge is 2.37. The van der Waals surface area contributed by atoms with E-state index in [1.165, 1.54) is 5.56 Å². The fourth-order valence-electron chi connectivity index (χ4n) is 3.23. The van der Waals surface area contributed by atoms with Crippen LogP contribution >= 0.6 is 15.9 Å². The number of halogens is 1. The molecule has 0 spiro atoms. The molecule has 1 aromatic carbocycles. The van der Waals surface area contributed by atoms with Gasteiger partial charge in [0.05, 0.1) is 5.92 Å². The Morgan fingerprint density at radius 2 is 2.00 bits per heavy atom. The van der Waals surface area contributed by atoms with Crippen molar-refractivity contribution in [2.24, 2.45) is 11.8 Å². The second-order valence-corrected chi connectivity index (χ2v) is 6.47. The normalized spacial score (nSPS) is 24.8. The molecule has 1 saturated carbocycles. The van der Waals surface area contributed by atoms with Crippen LogP contribution in [-0.2, 0) is 16.0 Å². The average molecular weight is 338 g/mol. The summed E-state index contributed by atoms with van der Waals surface area (Å²) in [6, 6.07) is 6.01. The molecule has 20 heavy (non-hydrogen) atoms. The summed E-state index contributed by atoms with van der Waals surface area (Å²) in [7, 11) is 0. The van der Waals surface area contributed by atoms with Crippen LogP contribution in [-0.4, -0.2) is 23.5 Å². The Labute approximate surface area is 125 Å². The van der Waals surface area contributed by atoms with Crippen molar-refractivity contribution in [1.82, 2.24) is 0 Å². The Morgan fingerprint density at radius 1 is 1.25 bits per heavy atom. The van der Waals surface area contributed by atoms with Gasteiger partial charge in [0.15, 0.2) is 0 Å². The van der Waals surface area contributed by atoms with E-state index in [0.717, 1.165) is 16.6 Å². The van der Waals surface area contributed by atoms with Gasteiger partial charge in [0.25, 0.3) is 0 Å². The lowest BCUT2D eigenvalue weighted by Gasteiger charge is -2.21. The molecule has 1 aromatic rings. The first-order chi connectivity index (χ1) is 9.56. The first-order valence-corrected chi connectivity index (χ1v) is 7.68. The van der Waals surface area contributed by atoms with E-state index < -0.39 is 5.97 Å². The van der Waals surface area contributed by atoms with E-state index in [0.29, 0.717) is 25.8 Å². The number of anilines is 1. The SMILES string of the molecule is O=C(O)[C@@H]1CC[C@H](C(=O)N2CCc3ccc(Br)cc32)C1. The van der Waals surface area contributed by atoms with Gasteiger partial charge in [-0.15, -0.1) is 0 Å². The number of carbonyl (C=O) groups excluding carboxylic acids is 1. The molecule has 1 amide bonds. The summed E-state index contributed by atoms with van der Waals surface area (Å²) in [4.78, 5) is 25.4. The number of benzene rings is 1. The summed E-state index contributed by atoms with van der Waals surface area (Å²) in [6.07, 6.45) is 2.66. The lowest BCUT2D eigenvalue weighted by Crippen LogP contribution is -2.34. The summed E-state index contributed by atoms with van der Waals surface area (Å²) < 4.78 is 0.964.